The summed E-state index contributed by atoms with van der Waals surface area (Å²) >= 11 is 1.44. The second-order valence-corrected chi connectivity index (χ2v) is 12.8. The van der Waals surface area contributed by atoms with Gasteiger partial charge in [-0.1, -0.05) is 17.4 Å². The number of ether oxygens (including phenoxy) is 1. The van der Waals surface area contributed by atoms with Crippen LogP contribution in [0.4, 0.5) is 5.13 Å². The molecule has 44 heavy (non-hydrogen) atoms. The number of thiazole rings is 1. The van der Waals surface area contributed by atoms with Crippen LogP contribution in [0.3, 0.4) is 0 Å². The van der Waals surface area contributed by atoms with Crippen LogP contribution >= 0.6 is 11.3 Å². The number of carbonyl (C=O) groups is 2. The number of pyridine rings is 1. The van der Waals surface area contributed by atoms with Gasteiger partial charge in [0.1, 0.15) is 6.61 Å². The van der Waals surface area contributed by atoms with Crippen molar-refractivity contribution in [2.75, 3.05) is 11.9 Å². The summed E-state index contributed by atoms with van der Waals surface area (Å²) in [6.07, 6.45) is 8.70. The van der Waals surface area contributed by atoms with Crippen LogP contribution < -0.4 is 16.0 Å². The molecule has 3 atom stereocenters. The maximum Gasteiger partial charge on any atom is 0.252 e. The van der Waals surface area contributed by atoms with Gasteiger partial charge in [0.25, 0.3) is 5.91 Å². The molecule has 4 aromatic rings. The van der Waals surface area contributed by atoms with Gasteiger partial charge in [-0.25, -0.2) is 15.0 Å². The summed E-state index contributed by atoms with van der Waals surface area (Å²) in [5.74, 6) is 0.342. The van der Waals surface area contributed by atoms with Crippen LogP contribution in [0.15, 0.2) is 48.9 Å². The van der Waals surface area contributed by atoms with Crippen molar-refractivity contribution in [1.82, 2.24) is 30.6 Å². The zero-order valence-corrected chi connectivity index (χ0v) is 25.6. The molecule has 2 aliphatic carbocycles. The Bertz CT molecular complexity index is 1610. The molecule has 2 aliphatic rings. The summed E-state index contributed by atoms with van der Waals surface area (Å²) in [6.45, 7) is 4.67. The fourth-order valence-corrected chi connectivity index (χ4v) is 6.51. The van der Waals surface area contributed by atoms with Crippen LogP contribution in [0.25, 0.3) is 21.3 Å². The minimum Gasteiger partial charge on any atom is -0.390 e. The van der Waals surface area contributed by atoms with Gasteiger partial charge >= 0.3 is 0 Å². The lowest BCUT2D eigenvalue weighted by molar-refractivity contribution is -0.123. The van der Waals surface area contributed by atoms with E-state index >= 15 is 0 Å². The van der Waals surface area contributed by atoms with E-state index in [1.54, 1.807) is 24.7 Å². The van der Waals surface area contributed by atoms with Crippen LogP contribution in [-0.4, -0.2) is 67.7 Å². The SMILES string of the molecule is Cc1ccc(C(=O)NC[C@H](C)N[C@H]2C[C@@H](C(=O)Nc3nc4ccc(-c5cnc(CO[C@H]6CCC[C@@H]6O)nc5)cc4s3)C2)cn1. The van der Waals surface area contributed by atoms with Gasteiger partial charge in [-0.05, 0) is 75.8 Å². The first-order valence-corrected chi connectivity index (χ1v) is 15.9. The number of nitrogens with one attached hydrogen (secondary N) is 3. The van der Waals surface area contributed by atoms with E-state index in [1.165, 1.54) is 11.3 Å². The first kappa shape index (κ1) is 30.2. The average molecular weight is 616 g/mol. The molecule has 2 amide bonds. The summed E-state index contributed by atoms with van der Waals surface area (Å²) in [7, 11) is 0. The molecule has 11 nitrogen and oxygen atoms in total. The minimum absolute atomic E-state index is 0.0218. The van der Waals surface area contributed by atoms with Gasteiger partial charge in [-0.15, -0.1) is 0 Å². The molecular weight excluding hydrogens is 578 g/mol. The third-order valence-electron chi connectivity index (χ3n) is 8.27. The lowest BCUT2D eigenvalue weighted by Gasteiger charge is -2.36. The van der Waals surface area contributed by atoms with Crippen molar-refractivity contribution in [1.29, 1.82) is 0 Å². The highest BCUT2D eigenvalue weighted by Crippen LogP contribution is 2.33. The van der Waals surface area contributed by atoms with Crippen molar-refractivity contribution >= 4 is 38.5 Å². The van der Waals surface area contributed by atoms with E-state index in [2.05, 4.69) is 35.9 Å². The quantitative estimate of drug-likeness (QED) is 0.196. The van der Waals surface area contributed by atoms with Crippen LogP contribution in [0, 0.1) is 12.8 Å². The summed E-state index contributed by atoms with van der Waals surface area (Å²) in [5.41, 5.74) is 4.08. The predicted octanol–water partition coefficient (Wildman–Crippen LogP) is 4.01. The number of nitrogens with zero attached hydrogens (tertiary/aromatic N) is 4. The number of aliphatic hydroxyl groups excluding tert-OH is 1. The molecule has 12 heteroatoms. The number of hydrogen-bond donors (Lipinski definition) is 4. The lowest BCUT2D eigenvalue weighted by atomic mass is 9.79. The van der Waals surface area contributed by atoms with E-state index in [0.717, 1.165) is 59.1 Å². The predicted molar refractivity (Wildman–Crippen MR) is 168 cm³/mol. The van der Waals surface area contributed by atoms with E-state index in [-0.39, 0.29) is 42.5 Å². The normalized spacial score (nSPS) is 22.0. The zero-order chi connectivity index (χ0) is 30.6. The molecule has 0 bridgehead atoms. The van der Waals surface area contributed by atoms with Crippen molar-refractivity contribution < 1.29 is 19.4 Å². The summed E-state index contributed by atoms with van der Waals surface area (Å²) < 4.78 is 6.75. The molecule has 2 saturated carbocycles. The molecule has 0 radical (unpaired) electrons. The molecule has 0 saturated heterocycles. The zero-order valence-electron chi connectivity index (χ0n) is 24.8. The number of fused-ring (bicyclic) bond motifs is 1. The maximum atomic E-state index is 12.9. The summed E-state index contributed by atoms with van der Waals surface area (Å²) in [6, 6.07) is 9.84. The number of hydrogen-bond acceptors (Lipinski definition) is 10. The number of aromatic nitrogens is 4. The molecule has 4 N–H and O–H groups in total. The Labute approximate surface area is 259 Å². The standard InChI is InChI=1S/C32H37N7O4S/c1-18-6-7-21(14-33-18)30(41)36-13-19(2)37-24-10-22(11-24)31(42)39-32-38-25-9-8-20(12-28(25)44-32)23-15-34-29(35-16-23)17-43-27-5-3-4-26(27)40/h6-9,12,14-16,19,22,24,26-27,37,40H,3-5,10-11,13,17H2,1-2H3,(H,36,41)(H,38,39,42)/t19-,22-,24+,26-,27-/m0/s1. The molecule has 230 valence electrons. The van der Waals surface area contributed by atoms with E-state index in [1.807, 2.05) is 38.1 Å². The third-order valence-corrected chi connectivity index (χ3v) is 9.21. The highest BCUT2D eigenvalue weighted by molar-refractivity contribution is 7.22. The van der Waals surface area contributed by atoms with Gasteiger partial charge in [-0.3, -0.25) is 14.6 Å². The highest BCUT2D eigenvalue weighted by atomic mass is 32.1. The van der Waals surface area contributed by atoms with Gasteiger partial charge in [0.15, 0.2) is 11.0 Å². The Kier molecular flexibility index (Phi) is 9.22. The molecular formula is C32H37N7O4S. The number of amides is 2. The third kappa shape index (κ3) is 7.27. The molecule has 0 aliphatic heterocycles. The van der Waals surface area contributed by atoms with Crippen molar-refractivity contribution in [3.05, 3.63) is 66.0 Å². The Morgan fingerprint density at radius 3 is 2.61 bits per heavy atom. The van der Waals surface area contributed by atoms with Crippen LogP contribution in [0.5, 0.6) is 0 Å². The van der Waals surface area contributed by atoms with Gasteiger partial charge in [-0.2, -0.15) is 0 Å². The summed E-state index contributed by atoms with van der Waals surface area (Å²) in [5, 5.41) is 19.9. The van der Waals surface area contributed by atoms with Crippen molar-refractivity contribution in [2.45, 2.75) is 76.9 Å². The van der Waals surface area contributed by atoms with Crippen LogP contribution in [0.2, 0.25) is 0 Å². The lowest BCUT2D eigenvalue weighted by Crippen LogP contribution is -2.51. The minimum atomic E-state index is -0.401. The molecule has 6 rings (SSSR count). The molecule has 0 unspecified atom stereocenters. The Balaban J connectivity index is 0.955. The summed E-state index contributed by atoms with van der Waals surface area (Å²) in [4.78, 5) is 42.9. The maximum absolute atomic E-state index is 12.9. The second kappa shape index (κ2) is 13.4. The molecule has 3 aromatic heterocycles. The topological polar surface area (TPSA) is 151 Å². The van der Waals surface area contributed by atoms with Crippen LogP contribution in [0.1, 0.15) is 60.9 Å². The average Bonchev–Trinajstić information content (AvgIpc) is 3.61. The van der Waals surface area contributed by atoms with E-state index < -0.39 is 6.10 Å². The van der Waals surface area contributed by atoms with E-state index in [0.29, 0.717) is 23.1 Å². The van der Waals surface area contributed by atoms with Crippen molar-refractivity contribution in [3.8, 4) is 11.1 Å². The first-order chi connectivity index (χ1) is 21.3. The number of rotatable bonds is 11. The number of aliphatic hydroxyl groups is 1. The molecule has 0 spiro atoms. The fraction of sp³-hybridized carbons (Fsp3) is 0.438. The van der Waals surface area contributed by atoms with Gasteiger partial charge in [0.05, 0.1) is 28.0 Å². The Hall–Kier alpha value is -3.84. The van der Waals surface area contributed by atoms with Gasteiger partial charge in [0, 0.05) is 54.4 Å². The Morgan fingerprint density at radius 2 is 1.89 bits per heavy atom. The number of carbonyl (C=O) groups excluding carboxylic acids is 2. The largest absolute Gasteiger partial charge is 0.390 e. The van der Waals surface area contributed by atoms with Gasteiger partial charge in [0.2, 0.25) is 5.91 Å². The monoisotopic (exact) mass is 615 g/mol. The van der Waals surface area contributed by atoms with Crippen LogP contribution in [-0.2, 0) is 16.1 Å². The van der Waals surface area contributed by atoms with E-state index in [4.69, 9.17) is 4.74 Å². The van der Waals surface area contributed by atoms with Crippen molar-refractivity contribution in [3.63, 3.8) is 0 Å². The highest BCUT2D eigenvalue weighted by Gasteiger charge is 2.35. The second-order valence-electron chi connectivity index (χ2n) is 11.8. The molecule has 3 heterocycles. The molecule has 2 fully saturated rings. The van der Waals surface area contributed by atoms with Crippen molar-refractivity contribution in [2.24, 2.45) is 5.92 Å². The fourth-order valence-electron chi connectivity index (χ4n) is 5.61. The van der Waals surface area contributed by atoms with E-state index in [9.17, 15) is 14.7 Å². The number of aryl methyl sites for hydroxylation is 1. The Morgan fingerprint density at radius 1 is 1.07 bits per heavy atom. The first-order valence-electron chi connectivity index (χ1n) is 15.1. The number of benzene rings is 1. The van der Waals surface area contributed by atoms with Gasteiger partial charge < -0.3 is 25.8 Å². The smallest absolute Gasteiger partial charge is 0.252 e. The molecule has 1 aromatic carbocycles. The number of anilines is 1.